The van der Waals surface area contributed by atoms with E-state index < -0.39 is 0 Å². The number of pyridine rings is 1. The number of nitrogens with zero attached hydrogens (tertiary/aromatic N) is 4. The molecule has 0 saturated carbocycles. The summed E-state index contributed by atoms with van der Waals surface area (Å²) in [5.41, 5.74) is 11.5. The maximum absolute atomic E-state index is 5.12. The fraction of sp³-hybridized carbons (Fsp3) is 0.396. The van der Waals surface area contributed by atoms with Crippen LogP contribution in [0.3, 0.4) is 0 Å². The first-order chi connectivity index (χ1) is 56.7. The normalized spacial score (nSPS) is 8.67. The van der Waals surface area contributed by atoms with E-state index in [1.807, 2.05) is 431 Å². The molecule has 0 radical (unpaired) electrons. The van der Waals surface area contributed by atoms with Gasteiger partial charge in [0.15, 0.2) is 12.0 Å². The van der Waals surface area contributed by atoms with E-state index >= 15 is 0 Å². The Hall–Kier alpha value is -8.98. The number of thiophene rings is 1. The summed E-state index contributed by atoms with van der Waals surface area (Å²) in [7, 11) is 0. The number of oxazole rings is 1. The van der Waals surface area contributed by atoms with Gasteiger partial charge in [0.25, 0.3) is 0 Å². The van der Waals surface area contributed by atoms with Gasteiger partial charge in [0.2, 0.25) is 0 Å². The minimum Gasteiger partial charge on any atom is -0.464 e. The van der Waals surface area contributed by atoms with Gasteiger partial charge in [0.1, 0.15) is 11.1 Å². The highest BCUT2D eigenvalue weighted by Crippen LogP contribution is 2.20. The first kappa shape index (κ1) is 126. The summed E-state index contributed by atoms with van der Waals surface area (Å²) >= 11 is 5.50. The molecule has 114 heavy (non-hydrogen) atoms. The molecule has 13 heteroatoms. The van der Waals surface area contributed by atoms with E-state index in [4.69, 9.17) is 8.83 Å². The number of thiazole rings is 1. The number of rotatable bonds is 0. The van der Waals surface area contributed by atoms with Crippen molar-refractivity contribution in [1.82, 2.24) is 39.6 Å². The minimum atomic E-state index is 0.845. The van der Waals surface area contributed by atoms with Crippen molar-refractivity contribution in [3.05, 3.63) is 279 Å². The smallest absolute Gasteiger partial charge is 0.181 e. The summed E-state index contributed by atoms with van der Waals surface area (Å²) in [6, 6.07) is 75.0. The van der Waals surface area contributed by atoms with Crippen LogP contribution in [0.15, 0.2) is 288 Å². The SMILES string of the molecule is C1CSCCN1.CC.CC.CC.CC.CC.CC.CC.CC.CC.CC.CC.CC.CC.CC.CC.CC.CC.CC.c1ccc2[nH]ccc2c1.c1ccc2[nH]ccc2c1.c1ccc2[nH]cnc2c1.c1ccc2occc2c1.c1ccc2ocnc2c1.c1ccc2sccc2c1.c1ccc2scnc2c1.c1ccn2cccc2c1. The molecule has 0 aliphatic carbocycles. The van der Waals surface area contributed by atoms with Crippen molar-refractivity contribution in [2.45, 2.75) is 249 Å². The molecule has 17 rings (SSSR count). The Bertz CT molecular complexity index is 3160. The van der Waals surface area contributed by atoms with Crippen molar-refractivity contribution >= 4 is 115 Å². The van der Waals surface area contributed by atoms with Crippen molar-refractivity contribution in [3.8, 4) is 0 Å². The van der Waals surface area contributed by atoms with E-state index in [2.05, 4.69) is 130 Å². The van der Waals surface area contributed by atoms with Gasteiger partial charge in [0, 0.05) is 76.0 Å². The number of H-pyrrole nitrogens is 3. The van der Waals surface area contributed by atoms with Crippen LogP contribution >= 0.6 is 34.4 Å². The Kier molecular flexibility index (Phi) is 119. The molecule has 9 aromatic heterocycles. The van der Waals surface area contributed by atoms with Crippen LogP contribution in [-0.4, -0.2) is 58.9 Å². The number of aromatic amines is 3. The highest BCUT2D eigenvalue weighted by Gasteiger charge is 1.96. The van der Waals surface area contributed by atoms with Crippen molar-refractivity contribution < 1.29 is 8.83 Å². The summed E-state index contributed by atoms with van der Waals surface area (Å²) < 4.78 is 14.8. The van der Waals surface area contributed by atoms with E-state index in [0.29, 0.717) is 0 Å². The molecule has 7 aromatic carbocycles. The number of hydrogen-bond donors (Lipinski definition) is 4. The Labute approximate surface area is 711 Å². The van der Waals surface area contributed by atoms with E-state index in [-0.39, 0.29) is 0 Å². The number of furan rings is 1. The average Bonchev–Trinajstić information content (AvgIpc) is 1.82. The van der Waals surface area contributed by atoms with Crippen molar-refractivity contribution in [1.29, 1.82) is 0 Å². The van der Waals surface area contributed by atoms with Gasteiger partial charge in [-0.2, -0.15) is 11.8 Å². The second-order valence-electron chi connectivity index (χ2n) is 17.0. The number of benzene rings is 7. The Morgan fingerprint density at radius 1 is 0.298 bits per heavy atom. The second kappa shape index (κ2) is 108. The number of nitrogens with one attached hydrogen (secondary N) is 4. The third-order valence-electron chi connectivity index (χ3n) is 11.7. The van der Waals surface area contributed by atoms with E-state index in [9.17, 15) is 0 Å². The predicted octanol–water partition coefficient (Wildman–Crippen LogP) is 36.1. The third-order valence-corrected chi connectivity index (χ3v) is 14.4. The highest BCUT2D eigenvalue weighted by atomic mass is 32.2. The van der Waals surface area contributed by atoms with Crippen LogP contribution in [0, 0.1) is 0 Å². The van der Waals surface area contributed by atoms with Gasteiger partial charge in [-0.05, 0) is 131 Å². The molecule has 0 spiro atoms. The summed E-state index contributed by atoms with van der Waals surface area (Å²) in [5, 5.41) is 10.4. The fourth-order valence-corrected chi connectivity index (χ4v) is 10.0. The molecule has 0 bridgehead atoms. The van der Waals surface area contributed by atoms with Gasteiger partial charge in [-0.3, -0.25) is 0 Å². The summed E-state index contributed by atoms with van der Waals surface area (Å²) in [6.45, 7) is 74.4. The molecular formula is C101H166N8O2S3. The summed E-state index contributed by atoms with van der Waals surface area (Å²) in [6.07, 6.45) is 12.8. The number of aromatic nitrogens is 7. The molecule has 0 amide bonds. The van der Waals surface area contributed by atoms with Gasteiger partial charge in [-0.15, -0.1) is 22.7 Å². The topological polar surface area (TPSA) is 129 Å². The lowest BCUT2D eigenvalue weighted by molar-refractivity contribution is 0.602. The maximum Gasteiger partial charge on any atom is 0.181 e. The standard InChI is InChI=1S/3C8H7N.C8H6O.C8H6S.C7H6N2.C7H5NO.C7H5NS.C4H9NS.18C2H6/c1-2-6-9-7-3-5-8(9)4-1;4*1-2-4-8-7(3-1)5-6-9-8;3*1-2-4-7-6(3-1)8-5-9-7;1-3-6-4-2-5-1;18*1-2/h1-7H;2*1-6,9H;2*1-6H;1-5H,(H,8,9);2*1-5H;5H,1-4H2;18*1-2H3. The maximum atomic E-state index is 5.12. The van der Waals surface area contributed by atoms with Gasteiger partial charge in [-0.1, -0.05) is 365 Å². The minimum absolute atomic E-state index is 0.845. The molecule has 640 valence electrons. The molecule has 10 heterocycles. The van der Waals surface area contributed by atoms with Crippen LogP contribution in [0.25, 0.3) is 80.7 Å². The molecule has 4 N–H and O–H groups in total. The van der Waals surface area contributed by atoms with Gasteiger partial charge < -0.3 is 33.5 Å². The van der Waals surface area contributed by atoms with E-state index in [0.717, 1.165) is 38.6 Å². The first-order valence-corrected chi connectivity index (χ1v) is 46.3. The lowest BCUT2D eigenvalue weighted by Crippen LogP contribution is -2.24. The zero-order valence-electron chi connectivity index (χ0n) is 78.7. The molecule has 0 unspecified atom stereocenters. The van der Waals surface area contributed by atoms with Crippen molar-refractivity contribution in [2.75, 3.05) is 24.6 Å². The number of para-hydroxylation sites is 8. The molecule has 16 aromatic rings. The summed E-state index contributed by atoms with van der Waals surface area (Å²) in [5.74, 6) is 2.61. The quantitative estimate of drug-likeness (QED) is 0.119. The van der Waals surface area contributed by atoms with E-state index in [1.54, 1.807) is 35.3 Å². The monoisotopic (exact) mass is 1620 g/mol. The van der Waals surface area contributed by atoms with Crippen LogP contribution in [0.2, 0.25) is 0 Å². The molecule has 10 nitrogen and oxygen atoms in total. The highest BCUT2D eigenvalue weighted by molar-refractivity contribution is 7.99. The van der Waals surface area contributed by atoms with Crippen LogP contribution in [0.1, 0.15) is 249 Å². The number of thioether (sulfide) groups is 1. The molecular weight excluding hydrogens is 1450 g/mol. The van der Waals surface area contributed by atoms with Gasteiger partial charge in [-0.25, -0.2) is 15.0 Å². The largest absolute Gasteiger partial charge is 0.464 e. The molecule has 1 saturated heterocycles. The third kappa shape index (κ3) is 60.6. The van der Waals surface area contributed by atoms with Crippen LogP contribution in [0.4, 0.5) is 0 Å². The predicted molar refractivity (Wildman–Crippen MR) is 536 cm³/mol. The zero-order chi connectivity index (χ0) is 89.1. The molecule has 1 aliphatic heterocycles. The fourth-order valence-electron chi connectivity index (χ4n) is 7.78. The Morgan fingerprint density at radius 2 is 0.702 bits per heavy atom. The lowest BCUT2D eigenvalue weighted by Gasteiger charge is -2.08. The molecule has 1 fully saturated rings. The number of imidazole rings is 1. The van der Waals surface area contributed by atoms with Gasteiger partial charge in [0.05, 0.1) is 39.4 Å². The second-order valence-corrected chi connectivity index (χ2v) is 20.1. The van der Waals surface area contributed by atoms with Crippen LogP contribution in [0.5, 0.6) is 0 Å². The number of hydrogen-bond acceptors (Lipinski definition) is 9. The molecule has 1 aliphatic rings. The first-order valence-electron chi connectivity index (χ1n) is 43.4. The Balaban J connectivity index is -0.000000127. The van der Waals surface area contributed by atoms with Crippen molar-refractivity contribution in [3.63, 3.8) is 0 Å². The lowest BCUT2D eigenvalue weighted by atomic mass is 10.3. The van der Waals surface area contributed by atoms with Crippen LogP contribution < -0.4 is 5.32 Å². The van der Waals surface area contributed by atoms with E-state index in [1.165, 1.54) is 73.1 Å². The zero-order valence-corrected chi connectivity index (χ0v) is 81.2. The Morgan fingerprint density at radius 3 is 1.14 bits per heavy atom. The average molecular weight is 1620 g/mol. The number of fused-ring (bicyclic) bond motifs is 8. The van der Waals surface area contributed by atoms with Gasteiger partial charge >= 0.3 is 0 Å². The molecule has 0 atom stereocenters. The summed E-state index contributed by atoms with van der Waals surface area (Å²) in [4.78, 5) is 21.4. The van der Waals surface area contributed by atoms with Crippen molar-refractivity contribution in [2.24, 2.45) is 0 Å². The van der Waals surface area contributed by atoms with Crippen LogP contribution in [-0.2, 0) is 0 Å².